The van der Waals surface area contributed by atoms with Gasteiger partial charge in [0.2, 0.25) is 0 Å². The summed E-state index contributed by atoms with van der Waals surface area (Å²) in [5, 5.41) is 8.98. The van der Waals surface area contributed by atoms with Gasteiger partial charge >= 0.3 is 5.97 Å². The Kier molecular flexibility index (Phi) is 8.60. The Morgan fingerprint density at radius 3 is 2.67 bits per heavy atom. The van der Waals surface area contributed by atoms with Crippen molar-refractivity contribution in [2.45, 2.75) is 20.0 Å². The Balaban J connectivity index is 0.00000196. The molecule has 0 fully saturated rings. The van der Waals surface area contributed by atoms with Crippen molar-refractivity contribution in [1.29, 1.82) is 0 Å². The maximum Gasteiger partial charge on any atom is 0.338 e. The van der Waals surface area contributed by atoms with Crippen LogP contribution in [0.4, 0.5) is 0 Å². The monoisotopic (exact) mass is 233 g/mol. The van der Waals surface area contributed by atoms with Gasteiger partial charge in [0.1, 0.15) is 0 Å². The van der Waals surface area contributed by atoms with Gasteiger partial charge in [-0.2, -0.15) is 0 Å². The van der Waals surface area contributed by atoms with Crippen molar-refractivity contribution in [3.8, 4) is 0 Å². The Morgan fingerprint density at radius 2 is 2.07 bits per heavy atom. The molecule has 0 aliphatic heterocycles. The molecule has 0 saturated carbocycles. The summed E-state index contributed by atoms with van der Waals surface area (Å²) in [7, 11) is 0. The van der Waals surface area contributed by atoms with Crippen molar-refractivity contribution in [3.63, 3.8) is 0 Å². The van der Waals surface area contributed by atoms with Gasteiger partial charge in [-0.3, -0.25) is 0 Å². The van der Waals surface area contributed by atoms with E-state index in [1.807, 2.05) is 6.92 Å². The van der Waals surface area contributed by atoms with Gasteiger partial charge in [-0.25, -0.2) is 4.79 Å². The Hall–Kier alpha value is 0.286. The van der Waals surface area contributed by atoms with Crippen LogP contribution in [0, 0.1) is 0 Å². The molecule has 1 aromatic rings. The summed E-state index contributed by atoms with van der Waals surface area (Å²) in [5.41, 5.74) is 1.05. The molecule has 77 valence electrons. The molecular weight excluding hydrogens is 219 g/mol. The predicted octanol–water partition coefficient (Wildman–Crippen LogP) is 1.36. The molecule has 0 aliphatic rings. The third kappa shape index (κ3) is 4.76. The third-order valence-electron chi connectivity index (χ3n) is 1.84. The molecule has 0 atom stereocenters. The number of carbonyl (C=O) groups excluding carboxylic acids is 1. The van der Waals surface area contributed by atoms with Crippen LogP contribution in [0.3, 0.4) is 0 Å². The molecular formula is C11H14KO3. The molecule has 3 nitrogen and oxygen atoms in total. The van der Waals surface area contributed by atoms with Crippen molar-refractivity contribution in [1.82, 2.24) is 0 Å². The maximum absolute atomic E-state index is 11.4. The fourth-order valence-electron chi connectivity index (χ4n) is 1.13. The van der Waals surface area contributed by atoms with Crippen LogP contribution in [0.25, 0.3) is 0 Å². The number of benzene rings is 1. The summed E-state index contributed by atoms with van der Waals surface area (Å²) >= 11 is 0. The zero-order valence-corrected chi connectivity index (χ0v) is 12.3. The van der Waals surface area contributed by atoms with Crippen LogP contribution >= 0.6 is 0 Å². The van der Waals surface area contributed by atoms with E-state index in [9.17, 15) is 4.79 Å². The van der Waals surface area contributed by atoms with E-state index in [-0.39, 0.29) is 64.0 Å². The van der Waals surface area contributed by atoms with Gasteiger partial charge in [-0.15, -0.1) is 0 Å². The van der Waals surface area contributed by atoms with E-state index in [0.717, 1.165) is 6.42 Å². The van der Waals surface area contributed by atoms with Crippen molar-refractivity contribution >= 4 is 57.4 Å². The largest absolute Gasteiger partial charge is 0.462 e. The molecule has 15 heavy (non-hydrogen) atoms. The van der Waals surface area contributed by atoms with Crippen LogP contribution in [0.1, 0.15) is 29.3 Å². The number of hydrogen-bond donors (Lipinski definition) is 1. The second kappa shape index (κ2) is 8.44. The molecule has 0 unspecified atom stereocenters. The Morgan fingerprint density at radius 1 is 1.40 bits per heavy atom. The van der Waals surface area contributed by atoms with Crippen LogP contribution in [-0.4, -0.2) is 69.1 Å². The van der Waals surface area contributed by atoms with E-state index in [2.05, 4.69) is 0 Å². The first-order chi connectivity index (χ1) is 6.79. The third-order valence-corrected chi connectivity index (χ3v) is 1.84. The van der Waals surface area contributed by atoms with Crippen LogP contribution in [0.2, 0.25) is 0 Å². The molecule has 0 aliphatic carbocycles. The van der Waals surface area contributed by atoms with Gasteiger partial charge in [0, 0.05) is 51.4 Å². The first-order valence-electron chi connectivity index (χ1n) is 4.65. The van der Waals surface area contributed by atoms with Crippen molar-refractivity contribution in [3.05, 3.63) is 35.4 Å². The Bertz CT molecular complexity index is 312. The van der Waals surface area contributed by atoms with E-state index in [4.69, 9.17) is 9.84 Å². The molecule has 1 N–H and O–H groups in total. The van der Waals surface area contributed by atoms with Crippen LogP contribution in [-0.2, 0) is 11.3 Å². The van der Waals surface area contributed by atoms with E-state index >= 15 is 0 Å². The van der Waals surface area contributed by atoms with Gasteiger partial charge in [0.15, 0.2) is 0 Å². The van der Waals surface area contributed by atoms with Crippen molar-refractivity contribution in [2.24, 2.45) is 0 Å². The molecule has 1 radical (unpaired) electrons. The molecule has 1 rings (SSSR count). The van der Waals surface area contributed by atoms with E-state index in [1.165, 1.54) is 0 Å². The predicted molar refractivity (Wildman–Crippen MR) is 58.7 cm³/mol. The molecule has 0 amide bonds. The van der Waals surface area contributed by atoms with Crippen LogP contribution < -0.4 is 0 Å². The molecule has 1 aromatic carbocycles. The molecule has 0 heterocycles. The Labute approximate surface area is 132 Å². The summed E-state index contributed by atoms with van der Waals surface area (Å²) in [6.07, 6.45) is 0.799. The summed E-state index contributed by atoms with van der Waals surface area (Å²) in [6, 6.07) is 6.90. The number of carbonyl (C=O) groups is 1. The van der Waals surface area contributed by atoms with Crippen molar-refractivity contribution < 1.29 is 14.6 Å². The first kappa shape index (κ1) is 15.3. The zero-order valence-electron chi connectivity index (χ0n) is 9.19. The minimum absolute atomic E-state index is 0. The fourth-order valence-corrected chi connectivity index (χ4v) is 1.13. The summed E-state index contributed by atoms with van der Waals surface area (Å²) in [5.74, 6) is -0.364. The zero-order chi connectivity index (χ0) is 10.4. The number of esters is 1. The van der Waals surface area contributed by atoms with E-state index in [0.29, 0.717) is 17.7 Å². The molecule has 0 bridgehead atoms. The second-order valence-corrected chi connectivity index (χ2v) is 2.95. The molecule has 4 heteroatoms. The topological polar surface area (TPSA) is 46.5 Å². The number of aliphatic hydroxyl groups is 1. The van der Waals surface area contributed by atoms with Crippen LogP contribution in [0.15, 0.2) is 24.3 Å². The quantitative estimate of drug-likeness (QED) is 0.631. The van der Waals surface area contributed by atoms with Gasteiger partial charge < -0.3 is 9.84 Å². The van der Waals surface area contributed by atoms with Crippen molar-refractivity contribution in [2.75, 3.05) is 6.61 Å². The van der Waals surface area contributed by atoms with Gasteiger partial charge in [0.05, 0.1) is 18.8 Å². The summed E-state index contributed by atoms with van der Waals surface area (Å²) in [4.78, 5) is 11.4. The summed E-state index contributed by atoms with van der Waals surface area (Å²) < 4.78 is 4.97. The van der Waals surface area contributed by atoms with Crippen LogP contribution in [0.5, 0.6) is 0 Å². The van der Waals surface area contributed by atoms with E-state index in [1.54, 1.807) is 24.3 Å². The standard InChI is InChI=1S/C11H14O3.K/c1-2-7-14-11(13)10-6-4-3-5-9(10)8-12;/h3-6,12H,2,7-8H2,1H3;. The maximum atomic E-state index is 11.4. The SMILES string of the molecule is CCCOC(=O)c1ccccc1CO.[K]. The molecule has 0 spiro atoms. The van der Waals surface area contributed by atoms with Gasteiger partial charge in [-0.05, 0) is 18.1 Å². The summed E-state index contributed by atoms with van der Waals surface area (Å²) in [6.45, 7) is 2.21. The first-order valence-corrected chi connectivity index (χ1v) is 4.65. The molecule has 0 saturated heterocycles. The molecule has 0 aromatic heterocycles. The normalized spacial score (nSPS) is 9.20. The minimum atomic E-state index is -0.364. The van der Waals surface area contributed by atoms with E-state index < -0.39 is 0 Å². The average Bonchev–Trinajstić information content (AvgIpc) is 2.25. The van der Waals surface area contributed by atoms with Gasteiger partial charge in [0.25, 0.3) is 0 Å². The second-order valence-electron chi connectivity index (χ2n) is 2.95. The number of aliphatic hydroxyl groups excluding tert-OH is 1. The average molecular weight is 233 g/mol. The minimum Gasteiger partial charge on any atom is -0.462 e. The number of hydrogen-bond acceptors (Lipinski definition) is 3. The number of rotatable bonds is 4. The van der Waals surface area contributed by atoms with Gasteiger partial charge in [-0.1, -0.05) is 25.1 Å². The fraction of sp³-hybridized carbons (Fsp3) is 0.364. The number of ether oxygens (including phenoxy) is 1. The smallest absolute Gasteiger partial charge is 0.338 e.